The van der Waals surface area contributed by atoms with Crippen LogP contribution in [0.15, 0.2) is 53.4 Å². The number of primary amides is 1. The summed E-state index contributed by atoms with van der Waals surface area (Å²) in [6.07, 6.45) is 3.25. The molecule has 0 saturated heterocycles. The summed E-state index contributed by atoms with van der Waals surface area (Å²) < 4.78 is 28.0. The van der Waals surface area contributed by atoms with Crippen molar-refractivity contribution >= 4 is 43.9 Å². The van der Waals surface area contributed by atoms with E-state index < -0.39 is 21.8 Å². The van der Waals surface area contributed by atoms with E-state index in [0.29, 0.717) is 29.2 Å². The molecular weight excluding hydrogens is 446 g/mol. The molecule has 1 aromatic heterocycles. The fourth-order valence-corrected chi connectivity index (χ4v) is 7.25. The first-order chi connectivity index (χ1) is 15.4. The van der Waals surface area contributed by atoms with E-state index in [4.69, 9.17) is 5.73 Å². The summed E-state index contributed by atoms with van der Waals surface area (Å²) in [5.41, 5.74) is 8.70. The number of thiophene rings is 1. The minimum absolute atomic E-state index is 0.0469. The van der Waals surface area contributed by atoms with Gasteiger partial charge in [-0.2, -0.15) is 0 Å². The molecule has 7 nitrogen and oxygen atoms in total. The fourth-order valence-electron chi connectivity index (χ4n) is 4.41. The first-order valence-corrected chi connectivity index (χ1v) is 12.6. The quantitative estimate of drug-likeness (QED) is 0.600. The summed E-state index contributed by atoms with van der Waals surface area (Å²) in [4.78, 5) is 26.1. The Bertz CT molecular complexity index is 1360. The smallest absolute Gasteiger partial charge is 0.264 e. The van der Waals surface area contributed by atoms with Gasteiger partial charge in [0, 0.05) is 17.0 Å². The third-order valence-corrected chi connectivity index (χ3v) is 8.94. The maximum Gasteiger partial charge on any atom is 0.264 e. The topological polar surface area (TPSA) is 110 Å². The molecule has 3 N–H and O–H groups in total. The highest BCUT2D eigenvalue weighted by atomic mass is 32.2. The minimum atomic E-state index is -3.82. The minimum Gasteiger partial charge on any atom is -0.365 e. The van der Waals surface area contributed by atoms with Gasteiger partial charge in [0.2, 0.25) is 0 Å². The van der Waals surface area contributed by atoms with Crippen LogP contribution in [0.2, 0.25) is 0 Å². The number of hydrogen-bond donors (Lipinski definition) is 2. The molecular formula is C23H21N3O4S2. The van der Waals surface area contributed by atoms with Crippen LogP contribution < -0.4 is 15.4 Å². The van der Waals surface area contributed by atoms with E-state index in [1.165, 1.54) is 27.8 Å². The Morgan fingerprint density at radius 3 is 2.66 bits per heavy atom. The van der Waals surface area contributed by atoms with Crippen molar-refractivity contribution in [3.05, 3.63) is 75.7 Å². The monoisotopic (exact) mass is 467 g/mol. The second-order valence-corrected chi connectivity index (χ2v) is 10.8. The van der Waals surface area contributed by atoms with E-state index >= 15 is 0 Å². The average molecular weight is 468 g/mol. The summed E-state index contributed by atoms with van der Waals surface area (Å²) in [5.74, 6) is -1.05. The Labute approximate surface area is 189 Å². The number of carbonyl (C=O) groups is 2. The van der Waals surface area contributed by atoms with Crippen molar-refractivity contribution in [2.45, 2.75) is 30.6 Å². The summed E-state index contributed by atoms with van der Waals surface area (Å²) >= 11 is 1.36. The molecule has 9 heteroatoms. The predicted octanol–water partition coefficient (Wildman–Crippen LogP) is 3.34. The van der Waals surface area contributed by atoms with E-state index in [1.54, 1.807) is 18.2 Å². The number of fused-ring (bicyclic) bond motifs is 2. The number of sulfonamides is 1. The van der Waals surface area contributed by atoms with Crippen LogP contribution >= 0.6 is 11.3 Å². The van der Waals surface area contributed by atoms with Gasteiger partial charge in [-0.05, 0) is 61.1 Å². The van der Waals surface area contributed by atoms with Crippen LogP contribution in [0.1, 0.15) is 43.1 Å². The number of nitrogens with zero attached hydrogens (tertiary/aromatic N) is 1. The molecule has 1 aliphatic heterocycles. The highest BCUT2D eigenvalue weighted by molar-refractivity contribution is 7.92. The lowest BCUT2D eigenvalue weighted by atomic mass is 10.1. The summed E-state index contributed by atoms with van der Waals surface area (Å²) in [6.45, 7) is 0.362. The van der Waals surface area contributed by atoms with Crippen LogP contribution in [0.25, 0.3) is 0 Å². The second-order valence-electron chi connectivity index (χ2n) is 7.86. The van der Waals surface area contributed by atoms with Crippen molar-refractivity contribution in [1.29, 1.82) is 0 Å². The molecule has 0 radical (unpaired) electrons. The van der Waals surface area contributed by atoms with Crippen molar-refractivity contribution in [3.63, 3.8) is 0 Å². The number of para-hydroxylation sites is 1. The van der Waals surface area contributed by atoms with Crippen molar-refractivity contribution < 1.29 is 18.0 Å². The van der Waals surface area contributed by atoms with Gasteiger partial charge < -0.3 is 11.1 Å². The summed E-state index contributed by atoms with van der Waals surface area (Å²) in [5, 5.41) is 3.20. The lowest BCUT2D eigenvalue weighted by Gasteiger charge is -2.20. The molecule has 0 spiro atoms. The largest absolute Gasteiger partial charge is 0.365 e. The Balaban J connectivity index is 1.44. The van der Waals surface area contributed by atoms with E-state index in [-0.39, 0.29) is 10.5 Å². The molecule has 32 heavy (non-hydrogen) atoms. The van der Waals surface area contributed by atoms with Gasteiger partial charge in [-0.1, -0.05) is 24.3 Å². The molecule has 0 bridgehead atoms. The molecule has 0 unspecified atom stereocenters. The van der Waals surface area contributed by atoms with Crippen LogP contribution in [0.4, 0.5) is 10.7 Å². The normalized spacial score (nSPS) is 14.8. The van der Waals surface area contributed by atoms with E-state index in [2.05, 4.69) is 5.32 Å². The molecule has 0 saturated carbocycles. The van der Waals surface area contributed by atoms with Crippen molar-refractivity contribution in [2.24, 2.45) is 5.73 Å². The molecule has 5 rings (SSSR count). The third-order valence-electron chi connectivity index (χ3n) is 5.92. The lowest BCUT2D eigenvalue weighted by molar-refractivity contribution is 0.100. The van der Waals surface area contributed by atoms with Gasteiger partial charge >= 0.3 is 0 Å². The van der Waals surface area contributed by atoms with Gasteiger partial charge in [0.15, 0.2) is 0 Å². The highest BCUT2D eigenvalue weighted by Crippen LogP contribution is 2.39. The first-order valence-electron chi connectivity index (χ1n) is 10.3. The van der Waals surface area contributed by atoms with E-state index in [1.807, 2.05) is 18.2 Å². The lowest BCUT2D eigenvalue weighted by Crippen LogP contribution is -2.29. The Kier molecular flexibility index (Phi) is 5.02. The number of amides is 2. The number of benzene rings is 2. The Morgan fingerprint density at radius 2 is 1.84 bits per heavy atom. The summed E-state index contributed by atoms with van der Waals surface area (Å²) in [7, 11) is -3.82. The second kappa shape index (κ2) is 7.75. The summed E-state index contributed by atoms with van der Waals surface area (Å²) in [6, 6.07) is 13.4. The number of aryl methyl sites for hydroxylation is 1. The van der Waals surface area contributed by atoms with Gasteiger partial charge in [-0.15, -0.1) is 11.3 Å². The molecule has 1 aliphatic carbocycles. The SMILES string of the molecule is NC(=O)c1c(NC(=O)c2cccc(S(=O)(=O)N3CCc4ccccc43)c2)sc2c1CCC2. The molecule has 0 atom stereocenters. The van der Waals surface area contributed by atoms with Crippen LogP contribution in [0.3, 0.4) is 0 Å². The van der Waals surface area contributed by atoms with Gasteiger partial charge in [-0.3, -0.25) is 13.9 Å². The molecule has 2 amide bonds. The highest BCUT2D eigenvalue weighted by Gasteiger charge is 2.31. The van der Waals surface area contributed by atoms with E-state index in [0.717, 1.165) is 35.3 Å². The van der Waals surface area contributed by atoms with Crippen molar-refractivity contribution in [1.82, 2.24) is 0 Å². The van der Waals surface area contributed by atoms with Gasteiger partial charge in [0.25, 0.3) is 21.8 Å². The maximum atomic E-state index is 13.3. The molecule has 164 valence electrons. The average Bonchev–Trinajstić information content (AvgIpc) is 3.47. The standard InChI is InChI=1S/C23H21N3O4S2/c24-21(27)20-17-8-4-10-19(17)31-23(20)25-22(28)15-6-3-7-16(13-15)32(29,30)26-12-11-14-5-1-2-9-18(14)26/h1-3,5-7,9,13H,4,8,10-12H2,(H2,24,27)(H,25,28). The zero-order valence-electron chi connectivity index (χ0n) is 17.1. The molecule has 0 fully saturated rings. The molecule has 3 aromatic rings. The Morgan fingerprint density at radius 1 is 1.03 bits per heavy atom. The predicted molar refractivity (Wildman–Crippen MR) is 124 cm³/mol. The molecule has 2 heterocycles. The van der Waals surface area contributed by atoms with Crippen molar-refractivity contribution in [2.75, 3.05) is 16.2 Å². The number of nitrogens with two attached hydrogens (primary N) is 1. The van der Waals surface area contributed by atoms with E-state index in [9.17, 15) is 18.0 Å². The first kappa shape index (κ1) is 20.7. The van der Waals surface area contributed by atoms with Crippen molar-refractivity contribution in [3.8, 4) is 0 Å². The Hall–Kier alpha value is -3.17. The van der Waals surface area contributed by atoms with Gasteiger partial charge in [0.1, 0.15) is 5.00 Å². The fraction of sp³-hybridized carbons (Fsp3) is 0.217. The van der Waals surface area contributed by atoms with Crippen LogP contribution in [-0.4, -0.2) is 26.8 Å². The number of hydrogen-bond acceptors (Lipinski definition) is 5. The van der Waals surface area contributed by atoms with Crippen LogP contribution in [0.5, 0.6) is 0 Å². The number of rotatable bonds is 5. The number of carbonyl (C=O) groups excluding carboxylic acids is 2. The van der Waals surface area contributed by atoms with Gasteiger partial charge in [-0.25, -0.2) is 8.42 Å². The van der Waals surface area contributed by atoms with Crippen LogP contribution in [0, 0.1) is 0 Å². The zero-order valence-corrected chi connectivity index (χ0v) is 18.8. The molecule has 2 aromatic carbocycles. The number of nitrogens with one attached hydrogen (secondary N) is 1. The number of anilines is 2. The zero-order chi connectivity index (χ0) is 22.5. The maximum absolute atomic E-state index is 13.3. The third kappa shape index (κ3) is 3.37. The van der Waals surface area contributed by atoms with Gasteiger partial charge in [0.05, 0.1) is 16.1 Å². The molecule has 2 aliphatic rings. The van der Waals surface area contributed by atoms with Crippen LogP contribution in [-0.2, 0) is 29.3 Å².